The Morgan fingerprint density at radius 1 is 1.21 bits per heavy atom. The van der Waals surface area contributed by atoms with Gasteiger partial charge in [-0.3, -0.25) is 9.59 Å². The number of benzene rings is 1. The molecule has 0 saturated carbocycles. The van der Waals surface area contributed by atoms with Crippen molar-refractivity contribution in [2.24, 2.45) is 0 Å². The Labute approximate surface area is 171 Å². The Morgan fingerprint density at radius 3 is 2.55 bits per heavy atom. The highest BCUT2D eigenvalue weighted by Gasteiger charge is 2.24. The quantitative estimate of drug-likeness (QED) is 0.639. The molecule has 1 aliphatic rings. The lowest BCUT2D eigenvalue weighted by Crippen LogP contribution is -3.15. The minimum atomic E-state index is -0.198. The van der Waals surface area contributed by atoms with Crippen LogP contribution in [0, 0.1) is 0 Å². The number of hydrogen-bond donors (Lipinski definition) is 2. The summed E-state index contributed by atoms with van der Waals surface area (Å²) in [5.41, 5.74) is 1.17. The molecule has 1 aliphatic heterocycles. The number of piperazine rings is 1. The number of furan rings is 1. The minimum absolute atomic E-state index is 0.0222. The molecule has 1 aromatic heterocycles. The molecule has 8 heteroatoms. The van der Waals surface area contributed by atoms with Gasteiger partial charge >= 0.3 is 0 Å². The molecular formula is C21H29N4O4+. The van der Waals surface area contributed by atoms with Crippen LogP contribution in [0.5, 0.6) is 5.75 Å². The molecular weight excluding hydrogens is 372 g/mol. The van der Waals surface area contributed by atoms with Gasteiger partial charge in [0.05, 0.1) is 52.6 Å². The van der Waals surface area contributed by atoms with Crippen molar-refractivity contribution in [3.8, 4) is 5.75 Å². The van der Waals surface area contributed by atoms with Crippen molar-refractivity contribution in [2.75, 3.05) is 58.3 Å². The first kappa shape index (κ1) is 20.7. The predicted octanol–water partition coefficient (Wildman–Crippen LogP) is -0.232. The van der Waals surface area contributed by atoms with Crippen molar-refractivity contribution >= 4 is 17.5 Å². The van der Waals surface area contributed by atoms with E-state index >= 15 is 0 Å². The Hall–Kier alpha value is -3.00. The average Bonchev–Trinajstić information content (AvgIpc) is 3.26. The van der Waals surface area contributed by atoms with E-state index in [0.717, 1.165) is 31.9 Å². The van der Waals surface area contributed by atoms with E-state index in [2.05, 4.69) is 22.3 Å². The number of methoxy groups -OCH3 is 1. The Balaban J connectivity index is 1.38. The fraction of sp³-hybridized carbons (Fsp3) is 0.429. The number of likely N-dealkylation sites (N-methyl/N-ethyl adjacent to an activating group) is 1. The van der Waals surface area contributed by atoms with E-state index in [4.69, 9.17) is 9.15 Å². The molecule has 0 radical (unpaired) electrons. The highest BCUT2D eigenvalue weighted by molar-refractivity contribution is 5.84. The second kappa shape index (κ2) is 9.97. The van der Waals surface area contributed by atoms with Crippen LogP contribution in [0.15, 0.2) is 47.1 Å². The lowest BCUT2D eigenvalue weighted by molar-refractivity contribution is -0.892. The number of ether oxygens (including phenoxy) is 1. The molecule has 29 heavy (non-hydrogen) atoms. The largest absolute Gasteiger partial charge is 0.497 e. The predicted molar refractivity (Wildman–Crippen MR) is 109 cm³/mol. The third-order valence-corrected chi connectivity index (χ3v) is 5.16. The third kappa shape index (κ3) is 5.99. The summed E-state index contributed by atoms with van der Waals surface area (Å²) in [6.07, 6.45) is 1.56. The summed E-state index contributed by atoms with van der Waals surface area (Å²) in [5, 5.41) is 2.76. The summed E-state index contributed by atoms with van der Waals surface area (Å²) < 4.78 is 10.4. The molecule has 2 amide bonds. The maximum Gasteiger partial charge on any atom is 0.277 e. The van der Waals surface area contributed by atoms with Gasteiger partial charge in [-0.1, -0.05) is 0 Å². The molecule has 0 aliphatic carbocycles. The van der Waals surface area contributed by atoms with Gasteiger partial charge in [-0.15, -0.1) is 0 Å². The smallest absolute Gasteiger partial charge is 0.277 e. The highest BCUT2D eigenvalue weighted by atomic mass is 16.5. The zero-order valence-corrected chi connectivity index (χ0v) is 17.0. The zero-order valence-electron chi connectivity index (χ0n) is 17.0. The average molecular weight is 401 g/mol. The van der Waals surface area contributed by atoms with Crippen LogP contribution in [0.4, 0.5) is 5.69 Å². The molecule has 0 bridgehead atoms. The lowest BCUT2D eigenvalue weighted by atomic mass is 10.2. The molecule has 156 valence electrons. The first-order valence-electron chi connectivity index (χ1n) is 9.81. The van der Waals surface area contributed by atoms with E-state index in [0.29, 0.717) is 18.8 Å². The van der Waals surface area contributed by atoms with Crippen molar-refractivity contribution in [3.63, 3.8) is 0 Å². The summed E-state index contributed by atoms with van der Waals surface area (Å²) in [6.45, 7) is 4.33. The fourth-order valence-corrected chi connectivity index (χ4v) is 3.36. The van der Waals surface area contributed by atoms with Crippen LogP contribution in [0.2, 0.25) is 0 Å². The SMILES string of the molecule is COc1ccc(N2CC[NH+](CC(=O)N(C)CC(=O)NCc3ccco3)CC2)cc1. The molecule has 2 aromatic rings. The molecule has 0 unspecified atom stereocenters. The van der Waals surface area contributed by atoms with Gasteiger partial charge in [-0.05, 0) is 36.4 Å². The number of amides is 2. The van der Waals surface area contributed by atoms with Crippen molar-refractivity contribution in [1.29, 1.82) is 0 Å². The first-order valence-corrected chi connectivity index (χ1v) is 9.81. The van der Waals surface area contributed by atoms with Crippen LogP contribution in [-0.2, 0) is 16.1 Å². The van der Waals surface area contributed by atoms with Gasteiger partial charge in [0.25, 0.3) is 5.91 Å². The maximum absolute atomic E-state index is 12.5. The van der Waals surface area contributed by atoms with Gasteiger partial charge < -0.3 is 29.2 Å². The van der Waals surface area contributed by atoms with E-state index in [1.165, 1.54) is 15.5 Å². The number of carbonyl (C=O) groups is 2. The molecule has 1 aromatic carbocycles. The lowest BCUT2D eigenvalue weighted by Gasteiger charge is -2.34. The van der Waals surface area contributed by atoms with Crippen LogP contribution in [0.25, 0.3) is 0 Å². The Kier molecular flexibility index (Phi) is 7.13. The van der Waals surface area contributed by atoms with Gasteiger partial charge in [-0.2, -0.15) is 0 Å². The highest BCUT2D eigenvalue weighted by Crippen LogP contribution is 2.18. The van der Waals surface area contributed by atoms with Crippen molar-refractivity contribution < 1.29 is 23.6 Å². The molecule has 1 saturated heterocycles. The van der Waals surface area contributed by atoms with E-state index < -0.39 is 0 Å². The Morgan fingerprint density at radius 2 is 1.93 bits per heavy atom. The van der Waals surface area contributed by atoms with Crippen molar-refractivity contribution in [2.45, 2.75) is 6.54 Å². The fourth-order valence-electron chi connectivity index (χ4n) is 3.36. The summed E-state index contributed by atoms with van der Waals surface area (Å²) in [7, 11) is 3.33. The second-order valence-electron chi connectivity index (χ2n) is 7.22. The molecule has 0 atom stereocenters. The zero-order chi connectivity index (χ0) is 20.6. The number of hydrogen-bond acceptors (Lipinski definition) is 5. The third-order valence-electron chi connectivity index (χ3n) is 5.16. The number of nitrogens with one attached hydrogen (secondary N) is 2. The van der Waals surface area contributed by atoms with Crippen LogP contribution in [-0.4, -0.2) is 70.1 Å². The molecule has 0 spiro atoms. The summed E-state index contributed by atoms with van der Waals surface area (Å²) >= 11 is 0. The van der Waals surface area contributed by atoms with Crippen molar-refractivity contribution in [3.05, 3.63) is 48.4 Å². The molecule has 2 N–H and O–H groups in total. The topological polar surface area (TPSA) is 79.5 Å². The van der Waals surface area contributed by atoms with E-state index in [9.17, 15) is 9.59 Å². The second-order valence-corrected chi connectivity index (χ2v) is 7.22. The van der Waals surface area contributed by atoms with Gasteiger partial charge in [0.15, 0.2) is 6.54 Å². The first-order chi connectivity index (χ1) is 14.0. The number of rotatable bonds is 8. The number of nitrogens with zero attached hydrogens (tertiary/aromatic N) is 2. The maximum atomic E-state index is 12.5. The minimum Gasteiger partial charge on any atom is -0.497 e. The van der Waals surface area contributed by atoms with Crippen LogP contribution >= 0.6 is 0 Å². The van der Waals surface area contributed by atoms with Crippen molar-refractivity contribution in [1.82, 2.24) is 10.2 Å². The van der Waals surface area contributed by atoms with Gasteiger partial charge in [0.1, 0.15) is 11.5 Å². The molecule has 8 nitrogen and oxygen atoms in total. The number of quaternary nitrogens is 1. The van der Waals surface area contributed by atoms with E-state index in [-0.39, 0.29) is 18.4 Å². The van der Waals surface area contributed by atoms with Gasteiger partial charge in [-0.25, -0.2) is 0 Å². The van der Waals surface area contributed by atoms with Crippen LogP contribution < -0.4 is 19.9 Å². The normalized spacial score (nSPS) is 14.5. The molecule has 1 fully saturated rings. The monoisotopic (exact) mass is 401 g/mol. The molecule has 3 rings (SSSR count). The van der Waals surface area contributed by atoms with E-state index in [1.54, 1.807) is 32.6 Å². The summed E-state index contributed by atoms with van der Waals surface area (Å²) in [5.74, 6) is 1.31. The van der Waals surface area contributed by atoms with E-state index in [1.807, 2.05) is 12.1 Å². The van der Waals surface area contributed by atoms with Crippen LogP contribution in [0.1, 0.15) is 5.76 Å². The Bertz CT molecular complexity index is 784. The number of carbonyl (C=O) groups excluding carboxylic acids is 2. The molecule has 2 heterocycles. The number of anilines is 1. The van der Waals surface area contributed by atoms with Gasteiger partial charge in [0, 0.05) is 12.7 Å². The van der Waals surface area contributed by atoms with Gasteiger partial charge in [0.2, 0.25) is 5.91 Å². The summed E-state index contributed by atoms with van der Waals surface area (Å²) in [6, 6.07) is 11.6. The standard InChI is InChI=1S/C21H28N4O4/c1-23(15-20(26)22-14-19-4-3-13-29-19)21(27)16-24-9-11-25(12-10-24)17-5-7-18(28-2)8-6-17/h3-8,13H,9-12,14-16H2,1-2H3,(H,22,26)/p+1. The van der Waals surface area contributed by atoms with Crippen LogP contribution in [0.3, 0.4) is 0 Å². The summed E-state index contributed by atoms with van der Waals surface area (Å²) in [4.78, 5) is 29.5.